The van der Waals surface area contributed by atoms with Crippen molar-refractivity contribution < 1.29 is 18.8 Å². The summed E-state index contributed by atoms with van der Waals surface area (Å²) < 4.78 is 13.9. The number of aromatic nitrogens is 1. The second-order valence-corrected chi connectivity index (χ2v) is 7.04. The number of nitrogens with one attached hydrogen (secondary N) is 3. The van der Waals surface area contributed by atoms with Gasteiger partial charge in [0.1, 0.15) is 5.82 Å². The summed E-state index contributed by atoms with van der Waals surface area (Å²) >= 11 is 1.29. The van der Waals surface area contributed by atoms with Crippen LogP contribution in [0.5, 0.6) is 0 Å². The van der Waals surface area contributed by atoms with Crippen molar-refractivity contribution in [2.75, 3.05) is 17.2 Å². The predicted octanol–water partition coefficient (Wildman–Crippen LogP) is 2.69. The molecule has 0 unspecified atom stereocenters. The van der Waals surface area contributed by atoms with Gasteiger partial charge in [0.2, 0.25) is 17.7 Å². The highest BCUT2D eigenvalue weighted by molar-refractivity contribution is 7.22. The molecule has 144 valence electrons. The monoisotopic (exact) mass is 400 g/mol. The fourth-order valence-electron chi connectivity index (χ4n) is 2.49. The molecule has 3 aromatic rings. The Morgan fingerprint density at radius 3 is 2.64 bits per heavy atom. The molecule has 3 rings (SSSR count). The van der Waals surface area contributed by atoms with Gasteiger partial charge in [0, 0.05) is 12.6 Å². The number of hydrogen-bond acceptors (Lipinski definition) is 5. The van der Waals surface area contributed by atoms with Crippen LogP contribution in [-0.4, -0.2) is 29.3 Å². The van der Waals surface area contributed by atoms with Crippen LogP contribution >= 0.6 is 11.3 Å². The summed E-state index contributed by atoms with van der Waals surface area (Å²) in [5.41, 5.74) is 1.79. The van der Waals surface area contributed by atoms with Crippen molar-refractivity contribution in [3.05, 3.63) is 53.8 Å². The first kappa shape index (κ1) is 19.4. The van der Waals surface area contributed by atoms with Crippen LogP contribution in [0, 0.1) is 5.82 Å². The Balaban J connectivity index is 1.54. The van der Waals surface area contributed by atoms with Gasteiger partial charge in [-0.1, -0.05) is 23.5 Å². The fraction of sp³-hybridized carbons (Fsp3) is 0.158. The SMILES string of the molecule is CC(=O)Nc1nc2ccc(NC(=O)CNC(=O)Cc3cccc(F)c3)cc2s1. The summed E-state index contributed by atoms with van der Waals surface area (Å²) in [5.74, 6) is -1.39. The van der Waals surface area contributed by atoms with Crippen LogP contribution in [-0.2, 0) is 20.8 Å². The van der Waals surface area contributed by atoms with Gasteiger partial charge in [-0.05, 0) is 35.9 Å². The maximum Gasteiger partial charge on any atom is 0.243 e. The minimum absolute atomic E-state index is 0.0101. The van der Waals surface area contributed by atoms with E-state index in [4.69, 9.17) is 0 Å². The molecule has 0 fully saturated rings. The molecule has 2 aromatic carbocycles. The molecule has 0 aliphatic rings. The molecule has 0 aliphatic heterocycles. The van der Waals surface area contributed by atoms with Crippen molar-refractivity contribution in [2.45, 2.75) is 13.3 Å². The molecule has 0 atom stereocenters. The number of carbonyl (C=O) groups is 3. The average Bonchev–Trinajstić information content (AvgIpc) is 3.00. The van der Waals surface area contributed by atoms with Gasteiger partial charge in [-0.15, -0.1) is 0 Å². The van der Waals surface area contributed by atoms with E-state index in [1.165, 1.54) is 36.5 Å². The first-order valence-corrected chi connectivity index (χ1v) is 9.20. The molecule has 1 heterocycles. The van der Waals surface area contributed by atoms with E-state index >= 15 is 0 Å². The lowest BCUT2D eigenvalue weighted by Crippen LogP contribution is -2.33. The highest BCUT2D eigenvalue weighted by Gasteiger charge is 2.10. The molecule has 9 heteroatoms. The Bertz CT molecular complexity index is 1050. The van der Waals surface area contributed by atoms with E-state index in [-0.39, 0.29) is 24.8 Å². The number of carbonyl (C=O) groups excluding carboxylic acids is 3. The number of hydrogen-bond donors (Lipinski definition) is 3. The molecule has 0 bridgehead atoms. The van der Waals surface area contributed by atoms with Gasteiger partial charge in [0.15, 0.2) is 5.13 Å². The molecule has 1 aromatic heterocycles. The van der Waals surface area contributed by atoms with Crippen molar-refractivity contribution in [2.24, 2.45) is 0 Å². The summed E-state index contributed by atoms with van der Waals surface area (Å²) in [4.78, 5) is 39.3. The third-order valence-electron chi connectivity index (χ3n) is 3.65. The van der Waals surface area contributed by atoms with Gasteiger partial charge < -0.3 is 16.0 Å². The van der Waals surface area contributed by atoms with E-state index in [2.05, 4.69) is 20.9 Å². The molecule has 3 N–H and O–H groups in total. The maximum absolute atomic E-state index is 13.1. The van der Waals surface area contributed by atoms with Crippen molar-refractivity contribution in [3.8, 4) is 0 Å². The number of amides is 3. The third kappa shape index (κ3) is 5.34. The number of benzene rings is 2. The Morgan fingerprint density at radius 2 is 1.89 bits per heavy atom. The minimum atomic E-state index is -0.414. The van der Waals surface area contributed by atoms with Crippen LogP contribution in [0.1, 0.15) is 12.5 Å². The van der Waals surface area contributed by atoms with Crippen LogP contribution in [0.3, 0.4) is 0 Å². The Morgan fingerprint density at radius 1 is 1.07 bits per heavy atom. The number of rotatable bonds is 6. The largest absolute Gasteiger partial charge is 0.347 e. The molecular formula is C19H17FN4O3S. The zero-order valence-corrected chi connectivity index (χ0v) is 15.7. The van der Waals surface area contributed by atoms with E-state index in [1.54, 1.807) is 24.3 Å². The van der Waals surface area contributed by atoms with Gasteiger partial charge >= 0.3 is 0 Å². The van der Waals surface area contributed by atoms with Crippen molar-refractivity contribution in [1.82, 2.24) is 10.3 Å². The Labute approximate surface area is 164 Å². The van der Waals surface area contributed by atoms with Gasteiger partial charge in [-0.2, -0.15) is 0 Å². The van der Waals surface area contributed by atoms with Crippen LogP contribution in [0.25, 0.3) is 10.2 Å². The minimum Gasteiger partial charge on any atom is -0.347 e. The Hall–Kier alpha value is -3.33. The van der Waals surface area contributed by atoms with Crippen molar-refractivity contribution in [3.63, 3.8) is 0 Å². The second kappa shape index (κ2) is 8.57. The highest BCUT2D eigenvalue weighted by Crippen LogP contribution is 2.28. The number of anilines is 2. The standard InChI is InChI=1S/C19H17FN4O3S/c1-11(25)22-19-24-15-6-5-14(9-16(15)28-19)23-18(27)10-21-17(26)8-12-3-2-4-13(20)7-12/h2-7,9H,8,10H2,1H3,(H,21,26)(H,23,27)(H,22,24,25). The van der Waals surface area contributed by atoms with E-state index < -0.39 is 11.7 Å². The van der Waals surface area contributed by atoms with Gasteiger partial charge in [-0.3, -0.25) is 14.4 Å². The molecule has 3 amide bonds. The van der Waals surface area contributed by atoms with Crippen LogP contribution in [0.15, 0.2) is 42.5 Å². The van der Waals surface area contributed by atoms with Gasteiger partial charge in [0.25, 0.3) is 0 Å². The number of thiazole rings is 1. The summed E-state index contributed by atoms with van der Waals surface area (Å²) in [6.45, 7) is 1.20. The summed E-state index contributed by atoms with van der Waals surface area (Å²) in [7, 11) is 0. The zero-order chi connectivity index (χ0) is 20.1. The first-order chi connectivity index (χ1) is 13.4. The van der Waals surface area contributed by atoms with E-state index in [9.17, 15) is 18.8 Å². The quantitative estimate of drug-likeness (QED) is 0.592. The molecule has 28 heavy (non-hydrogen) atoms. The summed E-state index contributed by atoms with van der Waals surface area (Å²) in [6, 6.07) is 10.9. The van der Waals surface area contributed by atoms with Crippen molar-refractivity contribution in [1.29, 1.82) is 0 Å². The number of fused-ring (bicyclic) bond motifs is 1. The van der Waals surface area contributed by atoms with Gasteiger partial charge in [0.05, 0.1) is 23.2 Å². The summed E-state index contributed by atoms with van der Waals surface area (Å²) in [5, 5.41) is 8.30. The fourth-order valence-corrected chi connectivity index (χ4v) is 3.44. The Kier molecular flexibility index (Phi) is 5.95. The lowest BCUT2D eigenvalue weighted by atomic mass is 10.1. The normalized spacial score (nSPS) is 10.5. The third-order valence-corrected chi connectivity index (χ3v) is 4.59. The zero-order valence-electron chi connectivity index (χ0n) is 14.9. The molecule has 0 spiro atoms. The predicted molar refractivity (Wildman–Crippen MR) is 106 cm³/mol. The lowest BCUT2D eigenvalue weighted by Gasteiger charge is -2.07. The van der Waals surface area contributed by atoms with Crippen LogP contribution < -0.4 is 16.0 Å². The van der Waals surface area contributed by atoms with E-state index in [0.717, 1.165) is 4.70 Å². The molecule has 0 radical (unpaired) electrons. The lowest BCUT2D eigenvalue weighted by molar-refractivity contribution is -0.123. The molecule has 0 saturated carbocycles. The van der Waals surface area contributed by atoms with Crippen molar-refractivity contribution >= 4 is 50.1 Å². The molecule has 7 nitrogen and oxygen atoms in total. The maximum atomic E-state index is 13.1. The molecule has 0 saturated heterocycles. The van der Waals surface area contributed by atoms with Gasteiger partial charge in [-0.25, -0.2) is 9.37 Å². The molecule has 0 aliphatic carbocycles. The van der Waals surface area contributed by atoms with Crippen LogP contribution in [0.2, 0.25) is 0 Å². The average molecular weight is 400 g/mol. The second-order valence-electron chi connectivity index (χ2n) is 6.01. The number of halogens is 1. The van der Waals surface area contributed by atoms with E-state index in [0.29, 0.717) is 21.9 Å². The smallest absolute Gasteiger partial charge is 0.243 e. The number of nitrogens with zero attached hydrogens (tertiary/aromatic N) is 1. The molecular weight excluding hydrogens is 383 g/mol. The summed E-state index contributed by atoms with van der Waals surface area (Å²) in [6.07, 6.45) is -0.0101. The van der Waals surface area contributed by atoms with Crippen LogP contribution in [0.4, 0.5) is 15.2 Å². The highest BCUT2D eigenvalue weighted by atomic mass is 32.1. The topological polar surface area (TPSA) is 100 Å². The first-order valence-electron chi connectivity index (χ1n) is 8.38. The van der Waals surface area contributed by atoms with E-state index in [1.807, 2.05) is 0 Å².